The van der Waals surface area contributed by atoms with Crippen LogP contribution in [0.1, 0.15) is 22.3 Å². The molecule has 38 heavy (non-hydrogen) atoms. The lowest BCUT2D eigenvalue weighted by Gasteiger charge is -2.10. The summed E-state index contributed by atoms with van der Waals surface area (Å²) in [6.45, 7) is 1.82. The van der Waals surface area contributed by atoms with Crippen LogP contribution in [0.15, 0.2) is 66.9 Å². The van der Waals surface area contributed by atoms with Crippen molar-refractivity contribution in [3.05, 3.63) is 83.8 Å². The van der Waals surface area contributed by atoms with Crippen molar-refractivity contribution in [3.63, 3.8) is 0 Å². The lowest BCUT2D eigenvalue weighted by atomic mass is 10.1. The number of nitrogens with zero attached hydrogens (tertiary/aromatic N) is 6. The molecule has 0 spiro atoms. The highest BCUT2D eigenvalue weighted by molar-refractivity contribution is 5.95. The van der Waals surface area contributed by atoms with Crippen LogP contribution in [0, 0.1) is 5.82 Å². The van der Waals surface area contributed by atoms with E-state index in [9.17, 15) is 9.18 Å². The third kappa shape index (κ3) is 6.42. The fourth-order valence-corrected chi connectivity index (χ4v) is 4.07. The summed E-state index contributed by atoms with van der Waals surface area (Å²) in [6.07, 6.45) is 2.56. The van der Waals surface area contributed by atoms with Crippen molar-refractivity contribution in [3.8, 4) is 11.3 Å². The maximum Gasteiger partial charge on any atom is 0.254 e. The number of aromatic nitrogens is 5. The summed E-state index contributed by atoms with van der Waals surface area (Å²) in [6, 6.07) is 18.1. The Morgan fingerprint density at radius 3 is 2.63 bits per heavy atom. The molecule has 5 rings (SSSR count). The van der Waals surface area contributed by atoms with Crippen LogP contribution in [-0.4, -0.2) is 63.0 Å². The Bertz CT molecular complexity index is 1560. The van der Waals surface area contributed by atoms with E-state index < -0.39 is 11.7 Å². The third-order valence-electron chi connectivity index (χ3n) is 5.94. The second kappa shape index (κ2) is 12.7. The molecule has 0 atom stereocenters. The van der Waals surface area contributed by atoms with Crippen LogP contribution in [0.5, 0.6) is 0 Å². The molecule has 198 valence electrons. The van der Waals surface area contributed by atoms with Gasteiger partial charge in [-0.25, -0.2) is 14.1 Å². The van der Waals surface area contributed by atoms with Crippen LogP contribution >= 0.6 is 24.8 Å². The Morgan fingerprint density at radius 2 is 1.84 bits per heavy atom. The topological polar surface area (TPSA) is 88.8 Å². The second-order valence-corrected chi connectivity index (χ2v) is 8.92. The fourth-order valence-electron chi connectivity index (χ4n) is 4.07. The molecule has 1 N–H and O–H groups in total. The minimum Gasteiger partial charge on any atom is -0.352 e. The van der Waals surface area contributed by atoms with Crippen LogP contribution < -0.4 is 5.32 Å². The fraction of sp³-hybridized carbons (Fsp3) is 0.222. The zero-order chi connectivity index (χ0) is 25.1. The predicted molar refractivity (Wildman–Crippen MR) is 152 cm³/mol. The second-order valence-electron chi connectivity index (χ2n) is 8.92. The van der Waals surface area contributed by atoms with Crippen molar-refractivity contribution in [2.45, 2.75) is 13.0 Å². The van der Waals surface area contributed by atoms with Gasteiger partial charge in [-0.15, -0.1) is 29.9 Å². The quantitative estimate of drug-likeness (QED) is 0.278. The van der Waals surface area contributed by atoms with E-state index in [1.165, 1.54) is 12.1 Å². The van der Waals surface area contributed by atoms with E-state index in [1.807, 2.05) is 49.3 Å². The van der Waals surface area contributed by atoms with Crippen LogP contribution in [0.4, 0.5) is 4.39 Å². The summed E-state index contributed by atoms with van der Waals surface area (Å²) < 4.78 is 16.6. The first-order chi connectivity index (χ1) is 17.5. The lowest BCUT2D eigenvalue weighted by Crippen LogP contribution is -2.27. The highest BCUT2D eigenvalue weighted by atomic mass is 35.5. The molecule has 1 amide bonds. The van der Waals surface area contributed by atoms with E-state index in [1.54, 1.807) is 23.0 Å². The van der Waals surface area contributed by atoms with Gasteiger partial charge in [0.05, 0.1) is 23.3 Å². The molecular formula is C27H28Cl2FN7O. The van der Waals surface area contributed by atoms with Gasteiger partial charge in [0.25, 0.3) is 5.91 Å². The molecule has 0 aliphatic heterocycles. The first-order valence-corrected chi connectivity index (χ1v) is 11.7. The van der Waals surface area contributed by atoms with Crippen molar-refractivity contribution < 1.29 is 9.18 Å². The summed E-state index contributed by atoms with van der Waals surface area (Å²) in [7, 11) is 3.94. The van der Waals surface area contributed by atoms with E-state index in [2.05, 4.69) is 26.7 Å². The van der Waals surface area contributed by atoms with Gasteiger partial charge in [0.2, 0.25) is 0 Å². The number of carbonyl (C=O) groups excluding carboxylic acids is 1. The highest BCUT2D eigenvalue weighted by Crippen LogP contribution is 2.23. The van der Waals surface area contributed by atoms with Crippen LogP contribution in [0.25, 0.3) is 33.3 Å². The van der Waals surface area contributed by atoms with Gasteiger partial charge < -0.3 is 10.2 Å². The summed E-state index contributed by atoms with van der Waals surface area (Å²) in [4.78, 5) is 23.5. The number of hydrogen-bond donors (Lipinski definition) is 1. The van der Waals surface area contributed by atoms with E-state index >= 15 is 0 Å². The first-order valence-electron chi connectivity index (χ1n) is 11.7. The van der Waals surface area contributed by atoms with Crippen LogP contribution in [-0.2, 0) is 6.54 Å². The van der Waals surface area contributed by atoms with Crippen molar-refractivity contribution in [1.82, 2.24) is 35.2 Å². The number of amides is 1. The molecule has 2 aromatic carbocycles. The minimum atomic E-state index is -0.587. The summed E-state index contributed by atoms with van der Waals surface area (Å²) in [5, 5.41) is 12.3. The average molecular weight is 556 g/mol. The van der Waals surface area contributed by atoms with Gasteiger partial charge in [0.1, 0.15) is 11.3 Å². The third-order valence-corrected chi connectivity index (χ3v) is 5.94. The Kier molecular flexibility index (Phi) is 9.68. The molecule has 0 aliphatic carbocycles. The normalized spacial score (nSPS) is 10.8. The summed E-state index contributed by atoms with van der Waals surface area (Å²) >= 11 is 0. The number of hydrogen-bond acceptors (Lipinski definition) is 6. The number of pyridine rings is 2. The Balaban J connectivity index is 0.00000200. The van der Waals surface area contributed by atoms with E-state index in [-0.39, 0.29) is 30.4 Å². The minimum absolute atomic E-state index is 0. The number of halogens is 3. The number of benzene rings is 2. The first kappa shape index (κ1) is 28.9. The SMILES string of the molecule is CN(C)CCCNC(=O)c1ccc(-c2ccc3nnn(Cc4ccc5ncccc5c4)c3n2)cc1F.Cl.Cl. The smallest absolute Gasteiger partial charge is 0.254 e. The molecule has 0 fully saturated rings. The molecule has 0 saturated heterocycles. The molecule has 0 radical (unpaired) electrons. The predicted octanol–water partition coefficient (Wildman–Crippen LogP) is 4.75. The van der Waals surface area contributed by atoms with Gasteiger partial charge in [-0.3, -0.25) is 9.78 Å². The molecule has 11 heteroatoms. The standard InChI is InChI=1S/C27H26FN7O.2ClH/c1-34(2)14-4-13-30-27(36)21-8-7-20(16-22(21)28)24-10-11-25-26(31-24)35(33-32-25)17-18-6-9-23-19(15-18)5-3-12-29-23;;/h3,5-12,15-16H,4,13-14,17H2,1-2H3,(H,30,36);2*1H. The molecule has 0 aliphatic rings. The van der Waals surface area contributed by atoms with Gasteiger partial charge in [0.15, 0.2) is 5.65 Å². The number of carbonyl (C=O) groups is 1. The van der Waals surface area contributed by atoms with E-state index in [0.717, 1.165) is 29.4 Å². The zero-order valence-corrected chi connectivity index (χ0v) is 22.6. The Labute approximate surface area is 232 Å². The number of rotatable bonds is 8. The van der Waals surface area contributed by atoms with Gasteiger partial charge in [-0.05, 0) is 75.1 Å². The molecule has 0 saturated carbocycles. The van der Waals surface area contributed by atoms with Gasteiger partial charge in [-0.2, -0.15) is 0 Å². The lowest BCUT2D eigenvalue weighted by molar-refractivity contribution is 0.0948. The molecule has 5 aromatic rings. The van der Waals surface area contributed by atoms with Crippen molar-refractivity contribution in [1.29, 1.82) is 0 Å². The largest absolute Gasteiger partial charge is 0.352 e. The zero-order valence-electron chi connectivity index (χ0n) is 21.0. The summed E-state index contributed by atoms with van der Waals surface area (Å²) in [5.74, 6) is -1.01. The van der Waals surface area contributed by atoms with Crippen LogP contribution in [0.3, 0.4) is 0 Å². The molecule has 0 bridgehead atoms. The molecule has 8 nitrogen and oxygen atoms in total. The average Bonchev–Trinajstić information content (AvgIpc) is 3.28. The Morgan fingerprint density at radius 1 is 1.03 bits per heavy atom. The van der Waals surface area contributed by atoms with Gasteiger partial charge in [0, 0.05) is 23.7 Å². The van der Waals surface area contributed by atoms with Gasteiger partial charge >= 0.3 is 0 Å². The molecule has 0 unspecified atom stereocenters. The van der Waals surface area contributed by atoms with E-state index in [4.69, 9.17) is 4.98 Å². The molecule has 3 aromatic heterocycles. The molecule has 3 heterocycles. The van der Waals surface area contributed by atoms with Crippen LogP contribution in [0.2, 0.25) is 0 Å². The Hall–Kier alpha value is -3.66. The monoisotopic (exact) mass is 555 g/mol. The van der Waals surface area contributed by atoms with Gasteiger partial charge in [-0.1, -0.05) is 23.4 Å². The number of fused-ring (bicyclic) bond motifs is 2. The van der Waals surface area contributed by atoms with Crippen molar-refractivity contribution >= 4 is 52.8 Å². The number of nitrogens with one attached hydrogen (secondary N) is 1. The maximum absolute atomic E-state index is 14.8. The van der Waals surface area contributed by atoms with Crippen molar-refractivity contribution in [2.75, 3.05) is 27.2 Å². The summed E-state index contributed by atoms with van der Waals surface area (Å²) in [5.41, 5.74) is 4.38. The van der Waals surface area contributed by atoms with E-state index in [0.29, 0.717) is 35.5 Å². The molecular weight excluding hydrogens is 528 g/mol. The maximum atomic E-state index is 14.8. The van der Waals surface area contributed by atoms with Crippen molar-refractivity contribution in [2.24, 2.45) is 0 Å². The highest BCUT2D eigenvalue weighted by Gasteiger charge is 2.15.